The van der Waals surface area contributed by atoms with Crippen molar-refractivity contribution in [2.24, 2.45) is 5.92 Å². The molecular weight excluding hydrogens is 500 g/mol. The van der Waals surface area contributed by atoms with Gasteiger partial charge in [0.2, 0.25) is 10.0 Å². The van der Waals surface area contributed by atoms with Crippen molar-refractivity contribution >= 4 is 27.6 Å². The van der Waals surface area contributed by atoms with Gasteiger partial charge in [-0.15, -0.1) is 10.2 Å². The van der Waals surface area contributed by atoms with Crippen LogP contribution in [0.3, 0.4) is 0 Å². The molecule has 9 nitrogen and oxygen atoms in total. The van der Waals surface area contributed by atoms with Gasteiger partial charge in [-0.1, -0.05) is 49.9 Å². The summed E-state index contributed by atoms with van der Waals surface area (Å²) in [6, 6.07) is 13.9. The Bertz CT molecular complexity index is 1320. The number of aromatic nitrogens is 3. The lowest BCUT2D eigenvalue weighted by atomic mass is 10.1. The van der Waals surface area contributed by atoms with Gasteiger partial charge in [-0.05, 0) is 30.2 Å². The summed E-state index contributed by atoms with van der Waals surface area (Å²) in [5, 5.41) is 9.34. The normalized spacial score (nSPS) is 14.8. The van der Waals surface area contributed by atoms with Crippen LogP contribution < -0.4 is 4.74 Å². The number of hydrogen-bond acceptors (Lipinski definition) is 8. The minimum Gasteiger partial charge on any atom is -0.496 e. The van der Waals surface area contributed by atoms with Crippen LogP contribution in [0.2, 0.25) is 0 Å². The van der Waals surface area contributed by atoms with Crippen molar-refractivity contribution in [1.82, 2.24) is 19.1 Å². The molecule has 0 atom stereocenters. The van der Waals surface area contributed by atoms with Gasteiger partial charge < -0.3 is 14.0 Å². The molecule has 0 radical (unpaired) electrons. The molecule has 1 aliphatic rings. The van der Waals surface area contributed by atoms with Gasteiger partial charge in [0.25, 0.3) is 0 Å². The fraction of sp³-hybridized carbons (Fsp3) is 0.400. The highest BCUT2D eigenvalue weighted by molar-refractivity contribution is 7.99. The summed E-state index contributed by atoms with van der Waals surface area (Å²) in [5.41, 5.74) is 1.17. The van der Waals surface area contributed by atoms with Crippen molar-refractivity contribution in [2.75, 3.05) is 39.2 Å². The molecule has 11 heteroatoms. The van der Waals surface area contributed by atoms with Gasteiger partial charge in [0.1, 0.15) is 5.75 Å². The van der Waals surface area contributed by atoms with Gasteiger partial charge in [-0.3, -0.25) is 4.79 Å². The number of carbonyl (C=O) groups is 1. The van der Waals surface area contributed by atoms with E-state index in [9.17, 15) is 13.2 Å². The first-order valence-electron chi connectivity index (χ1n) is 11.7. The van der Waals surface area contributed by atoms with E-state index in [0.717, 1.165) is 0 Å². The zero-order chi connectivity index (χ0) is 25.7. The second-order valence-corrected chi connectivity index (χ2v) is 11.6. The van der Waals surface area contributed by atoms with E-state index in [2.05, 4.69) is 24.0 Å². The molecule has 0 bridgehead atoms. The van der Waals surface area contributed by atoms with Gasteiger partial charge >= 0.3 is 0 Å². The van der Waals surface area contributed by atoms with Crippen molar-refractivity contribution in [1.29, 1.82) is 0 Å². The highest BCUT2D eigenvalue weighted by Gasteiger charge is 2.27. The van der Waals surface area contributed by atoms with Gasteiger partial charge in [0.15, 0.2) is 16.8 Å². The number of thioether (sulfide) groups is 1. The zero-order valence-electron chi connectivity index (χ0n) is 20.6. The van der Waals surface area contributed by atoms with Crippen molar-refractivity contribution in [2.45, 2.75) is 30.4 Å². The van der Waals surface area contributed by atoms with Crippen LogP contribution in [0.15, 0.2) is 58.6 Å². The lowest BCUT2D eigenvalue weighted by molar-refractivity contribution is 0.0730. The predicted molar refractivity (Wildman–Crippen MR) is 138 cm³/mol. The van der Waals surface area contributed by atoms with Gasteiger partial charge in [-0.25, -0.2) is 8.42 Å². The van der Waals surface area contributed by atoms with Gasteiger partial charge in [-0.2, -0.15) is 4.31 Å². The first kappa shape index (κ1) is 26.3. The van der Waals surface area contributed by atoms with Crippen LogP contribution in [0.4, 0.5) is 0 Å². The Morgan fingerprint density at radius 2 is 1.86 bits per heavy atom. The van der Waals surface area contributed by atoms with E-state index in [1.54, 1.807) is 36.4 Å². The molecule has 1 saturated heterocycles. The Labute approximate surface area is 215 Å². The first-order chi connectivity index (χ1) is 17.3. The zero-order valence-corrected chi connectivity index (χ0v) is 22.2. The molecular formula is C25H30N4O5S2. The second kappa shape index (κ2) is 11.5. The Kier molecular flexibility index (Phi) is 8.45. The largest absolute Gasteiger partial charge is 0.496 e. The number of hydrogen-bond donors (Lipinski definition) is 0. The van der Waals surface area contributed by atoms with Crippen LogP contribution in [0.5, 0.6) is 5.75 Å². The molecule has 0 saturated carbocycles. The van der Waals surface area contributed by atoms with Crippen LogP contribution in [0, 0.1) is 5.92 Å². The predicted octanol–water partition coefficient (Wildman–Crippen LogP) is 3.61. The van der Waals surface area contributed by atoms with E-state index in [1.807, 2.05) is 16.7 Å². The second-order valence-electron chi connectivity index (χ2n) is 8.77. The number of morpholine rings is 1. The van der Waals surface area contributed by atoms with E-state index in [-0.39, 0.29) is 22.3 Å². The number of rotatable bonds is 10. The fourth-order valence-corrected chi connectivity index (χ4v) is 6.24. The maximum absolute atomic E-state index is 13.2. The summed E-state index contributed by atoms with van der Waals surface area (Å²) < 4.78 is 40.4. The van der Waals surface area contributed by atoms with Crippen LogP contribution >= 0.6 is 11.8 Å². The molecule has 1 aromatic heterocycles. The minimum absolute atomic E-state index is 0.0725. The maximum atomic E-state index is 13.2. The molecule has 2 heterocycles. The monoisotopic (exact) mass is 530 g/mol. The van der Waals surface area contributed by atoms with Gasteiger partial charge in [0, 0.05) is 25.2 Å². The topological polar surface area (TPSA) is 104 Å². The van der Waals surface area contributed by atoms with E-state index >= 15 is 0 Å². The number of para-hydroxylation sites is 1. The molecule has 1 aliphatic heterocycles. The molecule has 4 rings (SSSR count). The Hall–Kier alpha value is -2.73. The molecule has 3 aromatic rings. The van der Waals surface area contributed by atoms with Crippen LogP contribution in [0.25, 0.3) is 11.4 Å². The lowest BCUT2D eigenvalue weighted by Gasteiger charge is -2.26. The number of nitrogens with zero attached hydrogens (tertiary/aromatic N) is 4. The fourth-order valence-electron chi connectivity index (χ4n) is 3.95. The molecule has 0 N–H and O–H groups in total. The average molecular weight is 531 g/mol. The quantitative estimate of drug-likeness (QED) is 0.289. The molecule has 1 fully saturated rings. The third kappa shape index (κ3) is 5.80. The highest BCUT2D eigenvalue weighted by atomic mass is 32.2. The number of Topliss-reactive ketones (excluding diaryl/α,β-unsaturated/α-hetero) is 1. The van der Waals surface area contributed by atoms with E-state index < -0.39 is 10.0 Å². The average Bonchev–Trinajstić information content (AvgIpc) is 3.29. The lowest BCUT2D eigenvalue weighted by Crippen LogP contribution is -2.40. The molecule has 0 aliphatic carbocycles. The van der Waals surface area contributed by atoms with E-state index in [0.29, 0.717) is 60.7 Å². The minimum atomic E-state index is -3.65. The highest BCUT2D eigenvalue weighted by Crippen LogP contribution is 2.29. The summed E-state index contributed by atoms with van der Waals surface area (Å²) in [6.45, 7) is 6.21. The van der Waals surface area contributed by atoms with Crippen molar-refractivity contribution in [3.63, 3.8) is 0 Å². The van der Waals surface area contributed by atoms with Crippen LogP contribution in [-0.2, 0) is 21.3 Å². The molecule has 2 aromatic carbocycles. The molecule has 0 unspecified atom stereocenters. The standard InChI is InChI=1S/C25H30N4O5S2/c1-18(2)16-29-24(19-7-6-8-20(15-19)36(31,32)28-11-13-34-14-12-28)26-27-25(29)35-17-22(30)21-9-4-5-10-23(21)33-3/h4-10,15,18H,11-14,16-17H2,1-3H3. The molecule has 0 spiro atoms. The molecule has 0 amide bonds. The molecule has 192 valence electrons. The van der Waals surface area contributed by atoms with Crippen LogP contribution in [-0.4, -0.2) is 72.4 Å². The smallest absolute Gasteiger partial charge is 0.243 e. The summed E-state index contributed by atoms with van der Waals surface area (Å²) >= 11 is 1.30. The number of methoxy groups -OCH3 is 1. The third-order valence-corrected chi connectivity index (χ3v) is 8.57. The molecule has 36 heavy (non-hydrogen) atoms. The van der Waals surface area contributed by atoms with Crippen molar-refractivity contribution in [3.05, 3.63) is 54.1 Å². The Morgan fingerprint density at radius 1 is 1.11 bits per heavy atom. The number of ketones is 1. The van der Waals surface area contributed by atoms with Crippen LogP contribution in [0.1, 0.15) is 24.2 Å². The number of ether oxygens (including phenoxy) is 2. The number of sulfonamides is 1. The summed E-state index contributed by atoms with van der Waals surface area (Å²) in [5.74, 6) is 1.48. The van der Waals surface area contributed by atoms with Gasteiger partial charge in [0.05, 0.1) is 36.5 Å². The summed E-state index contributed by atoms with van der Waals surface area (Å²) in [6.07, 6.45) is 0. The Balaban J connectivity index is 1.61. The Morgan fingerprint density at radius 3 is 2.58 bits per heavy atom. The van der Waals surface area contributed by atoms with E-state index in [1.165, 1.54) is 23.2 Å². The SMILES string of the molecule is COc1ccccc1C(=O)CSc1nnc(-c2cccc(S(=O)(=O)N3CCOCC3)c2)n1CC(C)C. The number of carbonyl (C=O) groups excluding carboxylic acids is 1. The van der Waals surface area contributed by atoms with E-state index in [4.69, 9.17) is 9.47 Å². The summed E-state index contributed by atoms with van der Waals surface area (Å²) in [4.78, 5) is 13.1. The number of benzene rings is 2. The summed E-state index contributed by atoms with van der Waals surface area (Å²) in [7, 11) is -2.11. The van der Waals surface area contributed by atoms with Crippen molar-refractivity contribution < 1.29 is 22.7 Å². The maximum Gasteiger partial charge on any atom is 0.243 e. The van der Waals surface area contributed by atoms with Crippen molar-refractivity contribution in [3.8, 4) is 17.1 Å². The third-order valence-electron chi connectivity index (χ3n) is 5.70. The first-order valence-corrected chi connectivity index (χ1v) is 14.1.